The van der Waals surface area contributed by atoms with Gasteiger partial charge in [-0.3, -0.25) is 9.59 Å². The lowest BCUT2D eigenvalue weighted by Crippen LogP contribution is -2.18. The van der Waals surface area contributed by atoms with E-state index in [1.165, 1.54) is 57.8 Å². The van der Waals surface area contributed by atoms with E-state index in [1.54, 1.807) is 0 Å². The topological polar surface area (TPSA) is 63.6 Å². The van der Waals surface area contributed by atoms with E-state index in [9.17, 15) is 9.59 Å². The van der Waals surface area contributed by atoms with E-state index in [2.05, 4.69) is 62.5 Å². The first kappa shape index (κ1) is 37.9. The maximum absolute atomic E-state index is 12.3. The summed E-state index contributed by atoms with van der Waals surface area (Å²) in [5.74, 6) is -0.730. The molecule has 4 nitrogen and oxygen atoms in total. The number of carboxylic acids is 1. The number of rotatable bonds is 29. The third-order valence-electron chi connectivity index (χ3n) is 7.03. The van der Waals surface area contributed by atoms with Crippen LogP contribution in [-0.4, -0.2) is 23.1 Å². The number of esters is 1. The summed E-state index contributed by atoms with van der Waals surface area (Å²) < 4.78 is 5.79. The van der Waals surface area contributed by atoms with Gasteiger partial charge in [0.1, 0.15) is 6.10 Å². The Labute approximate surface area is 247 Å². The Morgan fingerprint density at radius 3 is 1.57 bits per heavy atom. The summed E-state index contributed by atoms with van der Waals surface area (Å²) in [4.78, 5) is 22.8. The Balaban J connectivity index is 3.73. The number of ether oxygens (including phenoxy) is 1. The molecule has 230 valence electrons. The fraction of sp³-hybridized carbons (Fsp3) is 0.722. The fourth-order valence-electron chi connectivity index (χ4n) is 4.64. The van der Waals surface area contributed by atoms with Gasteiger partial charge < -0.3 is 9.84 Å². The molecule has 0 aliphatic heterocycles. The molecule has 0 aromatic carbocycles. The van der Waals surface area contributed by atoms with Crippen LogP contribution in [0.1, 0.15) is 162 Å². The largest absolute Gasteiger partial charge is 0.481 e. The van der Waals surface area contributed by atoms with Gasteiger partial charge in [0.2, 0.25) is 0 Å². The van der Waals surface area contributed by atoms with Crippen molar-refractivity contribution in [3.8, 4) is 0 Å². The minimum Gasteiger partial charge on any atom is -0.481 e. The summed E-state index contributed by atoms with van der Waals surface area (Å²) in [5.41, 5.74) is 0. The van der Waals surface area contributed by atoms with Crippen LogP contribution in [-0.2, 0) is 14.3 Å². The van der Waals surface area contributed by atoms with Crippen molar-refractivity contribution in [2.45, 2.75) is 168 Å². The quantitative estimate of drug-likeness (QED) is 0.0563. The van der Waals surface area contributed by atoms with Gasteiger partial charge in [0.05, 0.1) is 0 Å². The first-order valence-corrected chi connectivity index (χ1v) is 16.6. The van der Waals surface area contributed by atoms with E-state index in [0.29, 0.717) is 12.8 Å². The highest BCUT2D eigenvalue weighted by Crippen LogP contribution is 2.16. The zero-order valence-electron chi connectivity index (χ0n) is 26.1. The van der Waals surface area contributed by atoms with Gasteiger partial charge in [0.25, 0.3) is 0 Å². The lowest BCUT2D eigenvalue weighted by atomic mass is 10.0. The molecule has 0 rings (SSSR count). The van der Waals surface area contributed by atoms with Gasteiger partial charge in [0.15, 0.2) is 0 Å². The normalized spacial score (nSPS) is 12.8. The van der Waals surface area contributed by atoms with E-state index in [0.717, 1.165) is 77.0 Å². The molecule has 4 heteroatoms. The van der Waals surface area contributed by atoms with Crippen LogP contribution < -0.4 is 0 Å². The molecule has 0 fully saturated rings. The predicted molar refractivity (Wildman–Crippen MR) is 172 cm³/mol. The third kappa shape index (κ3) is 30.4. The summed E-state index contributed by atoms with van der Waals surface area (Å²) in [7, 11) is 0. The molecule has 0 aliphatic carbocycles. The van der Waals surface area contributed by atoms with Crippen LogP contribution >= 0.6 is 0 Å². The van der Waals surface area contributed by atoms with Gasteiger partial charge in [-0.15, -0.1) is 0 Å². The predicted octanol–water partition coefficient (Wildman–Crippen LogP) is 11.2. The summed E-state index contributed by atoms with van der Waals surface area (Å²) in [6.45, 7) is 4.39. The standard InChI is InChI=1S/C36H62O4/c1-3-5-6-7-8-9-10-11-12-13-14-15-16-20-23-26-29-33-36(39)40-34(30-4-2)31-27-24-21-18-17-19-22-25-28-32-35(37)38/h8-9,11-12,14-15,20,23,34H,3-7,10,13,16-19,21-22,24-33H2,1-2H3,(H,37,38)/b9-8-,12-11-,15-14-,23-20-. The second-order valence-corrected chi connectivity index (χ2v) is 11.0. The van der Waals surface area contributed by atoms with Gasteiger partial charge in [-0.25, -0.2) is 0 Å². The molecule has 0 bridgehead atoms. The molecular formula is C36H62O4. The molecule has 0 radical (unpaired) electrons. The lowest BCUT2D eigenvalue weighted by molar-refractivity contribution is -0.150. The molecule has 0 amide bonds. The first-order chi connectivity index (χ1) is 19.6. The molecule has 1 unspecified atom stereocenters. The summed E-state index contributed by atoms with van der Waals surface area (Å²) in [6.07, 6.45) is 41.7. The van der Waals surface area contributed by atoms with Gasteiger partial charge in [0, 0.05) is 12.8 Å². The summed E-state index contributed by atoms with van der Waals surface area (Å²) in [6, 6.07) is 0. The van der Waals surface area contributed by atoms with Gasteiger partial charge in [-0.2, -0.15) is 0 Å². The van der Waals surface area contributed by atoms with Crippen molar-refractivity contribution in [2.75, 3.05) is 0 Å². The molecule has 1 atom stereocenters. The second kappa shape index (κ2) is 31.4. The van der Waals surface area contributed by atoms with Crippen LogP contribution in [0, 0.1) is 0 Å². The van der Waals surface area contributed by atoms with Crippen LogP contribution in [0.2, 0.25) is 0 Å². The van der Waals surface area contributed by atoms with Crippen molar-refractivity contribution in [3.63, 3.8) is 0 Å². The smallest absolute Gasteiger partial charge is 0.306 e. The molecule has 0 saturated heterocycles. The minimum atomic E-state index is -0.686. The van der Waals surface area contributed by atoms with Gasteiger partial charge in [-0.05, 0) is 70.6 Å². The van der Waals surface area contributed by atoms with Crippen molar-refractivity contribution in [1.29, 1.82) is 0 Å². The van der Waals surface area contributed by atoms with Crippen LogP contribution in [0.4, 0.5) is 0 Å². The highest BCUT2D eigenvalue weighted by molar-refractivity contribution is 5.69. The number of hydrogen-bond donors (Lipinski definition) is 1. The van der Waals surface area contributed by atoms with Crippen molar-refractivity contribution in [1.82, 2.24) is 0 Å². The third-order valence-corrected chi connectivity index (χ3v) is 7.03. The Kier molecular flexibility index (Phi) is 29.8. The van der Waals surface area contributed by atoms with E-state index in [-0.39, 0.29) is 12.1 Å². The average molecular weight is 559 g/mol. The van der Waals surface area contributed by atoms with E-state index >= 15 is 0 Å². The number of carboxylic acid groups (broad SMARTS) is 1. The first-order valence-electron chi connectivity index (χ1n) is 16.6. The second-order valence-electron chi connectivity index (χ2n) is 11.0. The average Bonchev–Trinajstić information content (AvgIpc) is 2.93. The molecule has 40 heavy (non-hydrogen) atoms. The van der Waals surface area contributed by atoms with E-state index in [4.69, 9.17) is 9.84 Å². The molecule has 1 N–H and O–H groups in total. The van der Waals surface area contributed by atoms with Gasteiger partial charge >= 0.3 is 11.9 Å². The van der Waals surface area contributed by atoms with Crippen LogP contribution in [0.25, 0.3) is 0 Å². The minimum absolute atomic E-state index is 0.0442. The number of allylic oxidation sites excluding steroid dienone is 8. The maximum atomic E-state index is 12.3. The number of hydrogen-bond acceptors (Lipinski definition) is 3. The fourth-order valence-corrected chi connectivity index (χ4v) is 4.64. The van der Waals surface area contributed by atoms with Crippen molar-refractivity contribution in [3.05, 3.63) is 48.6 Å². The Bertz CT molecular complexity index is 689. The zero-order valence-corrected chi connectivity index (χ0v) is 26.1. The lowest BCUT2D eigenvalue weighted by Gasteiger charge is -2.17. The monoisotopic (exact) mass is 558 g/mol. The molecule has 0 spiro atoms. The zero-order chi connectivity index (χ0) is 29.4. The Morgan fingerprint density at radius 2 is 1.05 bits per heavy atom. The Hall–Kier alpha value is -2.10. The number of aliphatic carboxylic acids is 1. The van der Waals surface area contributed by atoms with E-state index in [1.807, 2.05) is 0 Å². The SMILES string of the molecule is CCCCC/C=C\C/C=C\C/C=C\C/C=C\CCCC(=O)OC(CCC)CCCCCCCCCCCC(=O)O. The van der Waals surface area contributed by atoms with Gasteiger partial charge in [-0.1, -0.05) is 127 Å². The highest BCUT2D eigenvalue weighted by Gasteiger charge is 2.13. The number of unbranched alkanes of at least 4 members (excludes halogenated alkanes) is 12. The molecule has 0 aromatic rings. The summed E-state index contributed by atoms with van der Waals surface area (Å²) >= 11 is 0. The van der Waals surface area contributed by atoms with Crippen molar-refractivity contribution < 1.29 is 19.4 Å². The van der Waals surface area contributed by atoms with E-state index < -0.39 is 5.97 Å². The van der Waals surface area contributed by atoms with Crippen LogP contribution in [0.15, 0.2) is 48.6 Å². The number of carbonyl (C=O) groups is 2. The molecule has 0 aromatic heterocycles. The maximum Gasteiger partial charge on any atom is 0.306 e. The molecule has 0 aliphatic rings. The van der Waals surface area contributed by atoms with Crippen molar-refractivity contribution >= 4 is 11.9 Å². The molecule has 0 heterocycles. The van der Waals surface area contributed by atoms with Crippen molar-refractivity contribution in [2.24, 2.45) is 0 Å². The Morgan fingerprint density at radius 1 is 0.550 bits per heavy atom. The summed E-state index contributed by atoms with van der Waals surface area (Å²) in [5, 5.41) is 8.65. The van der Waals surface area contributed by atoms with Crippen LogP contribution in [0.5, 0.6) is 0 Å². The molecule has 0 saturated carbocycles. The van der Waals surface area contributed by atoms with Crippen LogP contribution in [0.3, 0.4) is 0 Å². The molecular weight excluding hydrogens is 496 g/mol. The highest BCUT2D eigenvalue weighted by atomic mass is 16.5. The number of carbonyl (C=O) groups excluding carboxylic acids is 1.